The topological polar surface area (TPSA) is 82.7 Å². The number of nitrogens with two attached hydrogens (primary N) is 1. The lowest BCUT2D eigenvalue weighted by Crippen LogP contribution is -2.47. The fraction of sp³-hybridized carbons (Fsp3) is 0.562. The summed E-state index contributed by atoms with van der Waals surface area (Å²) in [5.74, 6) is 1.33. The Bertz CT molecular complexity index is 506. The molecule has 0 saturated carbocycles. The molecule has 1 saturated heterocycles. The van der Waals surface area contributed by atoms with E-state index in [1.807, 2.05) is 13.0 Å². The fourth-order valence-corrected chi connectivity index (χ4v) is 2.42. The summed E-state index contributed by atoms with van der Waals surface area (Å²) in [6, 6.07) is 1.85. The molecule has 3 N–H and O–H groups in total. The summed E-state index contributed by atoms with van der Waals surface area (Å²) in [5.41, 5.74) is 6.80. The van der Waals surface area contributed by atoms with Crippen LogP contribution < -0.4 is 16.0 Å². The fourth-order valence-electron chi connectivity index (χ4n) is 2.42. The summed E-state index contributed by atoms with van der Waals surface area (Å²) in [5, 5.41) is 3.14. The van der Waals surface area contributed by atoms with Gasteiger partial charge in [0.1, 0.15) is 0 Å². The molecule has 0 spiro atoms. The lowest BCUT2D eigenvalue weighted by molar-refractivity contribution is 0.254. The van der Waals surface area contributed by atoms with Crippen molar-refractivity contribution in [1.82, 2.24) is 20.2 Å². The summed E-state index contributed by atoms with van der Waals surface area (Å²) >= 11 is 0. The largest absolute Gasteiger partial charge is 0.370 e. The Balaban J connectivity index is 1.60. The van der Waals surface area contributed by atoms with E-state index in [1.54, 1.807) is 12.4 Å². The van der Waals surface area contributed by atoms with Crippen LogP contribution in [0.1, 0.15) is 13.3 Å². The number of aromatic nitrogens is 2. The van der Waals surface area contributed by atoms with Gasteiger partial charge in [0.15, 0.2) is 5.96 Å². The van der Waals surface area contributed by atoms with Crippen LogP contribution in [0.5, 0.6) is 0 Å². The molecule has 0 atom stereocenters. The Morgan fingerprint density at radius 1 is 1.30 bits per heavy atom. The summed E-state index contributed by atoms with van der Waals surface area (Å²) in [6.45, 7) is 12.3. The molecule has 1 aromatic rings. The van der Waals surface area contributed by atoms with Crippen LogP contribution in [-0.4, -0.2) is 66.6 Å². The third kappa shape index (κ3) is 6.23. The first-order valence-electron chi connectivity index (χ1n) is 8.07. The standard InChI is InChI=1S/C16H27N7/c1-14(2)13-21-15(17)18-7-4-8-22-9-11-23(12-10-22)16-19-5-3-6-20-16/h3,5-6H,1,4,7-13H2,2H3,(H3,17,18,21). The molecule has 0 amide bonds. The van der Waals surface area contributed by atoms with Crippen molar-refractivity contribution < 1.29 is 0 Å². The maximum Gasteiger partial charge on any atom is 0.225 e. The lowest BCUT2D eigenvalue weighted by atomic mass is 10.3. The minimum Gasteiger partial charge on any atom is -0.370 e. The highest BCUT2D eigenvalue weighted by Gasteiger charge is 2.17. The molecule has 0 unspecified atom stereocenters. The molecule has 1 fully saturated rings. The Hall–Kier alpha value is -2.15. The number of hydrogen-bond acceptors (Lipinski definition) is 5. The molecule has 126 valence electrons. The molecule has 2 rings (SSSR count). The monoisotopic (exact) mass is 317 g/mol. The normalized spacial score (nSPS) is 16.4. The van der Waals surface area contributed by atoms with Gasteiger partial charge in [-0.3, -0.25) is 4.90 Å². The van der Waals surface area contributed by atoms with Crippen molar-refractivity contribution in [2.75, 3.05) is 50.7 Å². The van der Waals surface area contributed by atoms with Crippen LogP contribution in [0.3, 0.4) is 0 Å². The molecule has 1 aromatic heterocycles. The minimum absolute atomic E-state index is 0.499. The van der Waals surface area contributed by atoms with Crippen molar-refractivity contribution in [2.24, 2.45) is 10.7 Å². The SMILES string of the molecule is C=C(C)CN=C(N)NCCCN1CCN(c2ncccn2)CC1. The molecular formula is C16H27N7. The van der Waals surface area contributed by atoms with Crippen LogP contribution in [0.4, 0.5) is 5.95 Å². The predicted octanol–water partition coefficient (Wildman–Crippen LogP) is 0.469. The molecule has 0 radical (unpaired) electrons. The highest BCUT2D eigenvalue weighted by molar-refractivity contribution is 5.77. The van der Waals surface area contributed by atoms with Gasteiger partial charge in [0.05, 0.1) is 6.54 Å². The molecule has 23 heavy (non-hydrogen) atoms. The Morgan fingerprint density at radius 3 is 2.65 bits per heavy atom. The van der Waals surface area contributed by atoms with Gasteiger partial charge in [-0.1, -0.05) is 12.2 Å². The molecule has 0 bridgehead atoms. The molecule has 7 nitrogen and oxygen atoms in total. The van der Waals surface area contributed by atoms with E-state index in [0.29, 0.717) is 12.5 Å². The Morgan fingerprint density at radius 2 is 2.00 bits per heavy atom. The number of guanidine groups is 1. The van der Waals surface area contributed by atoms with E-state index in [1.165, 1.54) is 0 Å². The van der Waals surface area contributed by atoms with Crippen molar-refractivity contribution in [2.45, 2.75) is 13.3 Å². The average Bonchev–Trinajstić information content (AvgIpc) is 2.58. The Kier molecular flexibility index (Phi) is 6.80. The number of rotatable bonds is 7. The van der Waals surface area contributed by atoms with E-state index in [9.17, 15) is 0 Å². The number of nitrogens with one attached hydrogen (secondary N) is 1. The third-order valence-electron chi connectivity index (χ3n) is 3.68. The number of nitrogens with zero attached hydrogens (tertiary/aromatic N) is 5. The van der Waals surface area contributed by atoms with Gasteiger partial charge in [0.2, 0.25) is 5.95 Å². The molecule has 1 aliphatic heterocycles. The van der Waals surface area contributed by atoms with Gasteiger partial charge in [-0.05, 0) is 26.0 Å². The first-order valence-corrected chi connectivity index (χ1v) is 8.07. The van der Waals surface area contributed by atoms with E-state index in [-0.39, 0.29) is 0 Å². The first kappa shape index (κ1) is 17.2. The van der Waals surface area contributed by atoms with Gasteiger partial charge < -0.3 is 16.0 Å². The van der Waals surface area contributed by atoms with Crippen LogP contribution in [0.25, 0.3) is 0 Å². The second-order valence-electron chi connectivity index (χ2n) is 5.82. The second-order valence-corrected chi connectivity index (χ2v) is 5.82. The molecule has 0 aliphatic carbocycles. The zero-order chi connectivity index (χ0) is 16.5. The van der Waals surface area contributed by atoms with Crippen molar-refractivity contribution >= 4 is 11.9 Å². The van der Waals surface area contributed by atoms with E-state index in [4.69, 9.17) is 5.73 Å². The van der Waals surface area contributed by atoms with Crippen LogP contribution in [0.15, 0.2) is 35.6 Å². The number of anilines is 1. The van der Waals surface area contributed by atoms with E-state index < -0.39 is 0 Å². The zero-order valence-electron chi connectivity index (χ0n) is 13.9. The maximum atomic E-state index is 5.79. The smallest absolute Gasteiger partial charge is 0.225 e. The summed E-state index contributed by atoms with van der Waals surface area (Å²) in [7, 11) is 0. The highest BCUT2D eigenvalue weighted by atomic mass is 15.3. The van der Waals surface area contributed by atoms with Crippen molar-refractivity contribution in [1.29, 1.82) is 0 Å². The molecule has 1 aliphatic rings. The molecular weight excluding hydrogens is 290 g/mol. The quantitative estimate of drug-likeness (QED) is 0.329. The van der Waals surface area contributed by atoms with Gasteiger partial charge in [-0.2, -0.15) is 0 Å². The number of hydrogen-bond donors (Lipinski definition) is 2. The van der Waals surface area contributed by atoms with Crippen LogP contribution in [-0.2, 0) is 0 Å². The van der Waals surface area contributed by atoms with Crippen LogP contribution in [0, 0.1) is 0 Å². The van der Waals surface area contributed by atoms with E-state index in [0.717, 1.165) is 57.2 Å². The van der Waals surface area contributed by atoms with Gasteiger partial charge in [-0.15, -0.1) is 0 Å². The second kappa shape index (κ2) is 9.09. The van der Waals surface area contributed by atoms with Gasteiger partial charge in [0, 0.05) is 45.1 Å². The van der Waals surface area contributed by atoms with Crippen molar-refractivity contribution in [3.05, 3.63) is 30.6 Å². The molecule has 0 aromatic carbocycles. The van der Waals surface area contributed by atoms with Crippen molar-refractivity contribution in [3.8, 4) is 0 Å². The minimum atomic E-state index is 0.499. The molecule has 7 heteroatoms. The van der Waals surface area contributed by atoms with Crippen molar-refractivity contribution in [3.63, 3.8) is 0 Å². The van der Waals surface area contributed by atoms with Crippen LogP contribution in [0.2, 0.25) is 0 Å². The molecule has 2 heterocycles. The Labute approximate surface area is 138 Å². The first-order chi connectivity index (χ1) is 11.1. The summed E-state index contributed by atoms with van der Waals surface area (Å²) in [4.78, 5) is 17.5. The van der Waals surface area contributed by atoms with Gasteiger partial charge >= 0.3 is 0 Å². The van der Waals surface area contributed by atoms with Crippen LogP contribution >= 0.6 is 0 Å². The average molecular weight is 317 g/mol. The number of piperazine rings is 1. The summed E-state index contributed by atoms with van der Waals surface area (Å²) in [6.07, 6.45) is 4.63. The van der Waals surface area contributed by atoms with E-state index >= 15 is 0 Å². The number of aliphatic imine (C=N–C) groups is 1. The van der Waals surface area contributed by atoms with E-state index in [2.05, 4.69) is 36.7 Å². The maximum absolute atomic E-state index is 5.79. The van der Waals surface area contributed by atoms with Gasteiger partial charge in [0.25, 0.3) is 0 Å². The predicted molar refractivity (Wildman–Crippen MR) is 94.6 cm³/mol. The lowest BCUT2D eigenvalue weighted by Gasteiger charge is -2.34. The third-order valence-corrected chi connectivity index (χ3v) is 3.68. The van der Waals surface area contributed by atoms with Gasteiger partial charge in [-0.25, -0.2) is 15.0 Å². The zero-order valence-corrected chi connectivity index (χ0v) is 13.9. The summed E-state index contributed by atoms with van der Waals surface area (Å²) < 4.78 is 0. The highest BCUT2D eigenvalue weighted by Crippen LogP contribution is 2.09.